The molecule has 0 fully saturated rings. The summed E-state index contributed by atoms with van der Waals surface area (Å²) in [5.74, 6) is 0.534. The zero-order valence-electron chi connectivity index (χ0n) is 14.8. The lowest BCUT2D eigenvalue weighted by molar-refractivity contribution is 0.0601. The standard InChI is InChI=1S/C20H15N3O3S2/c1-26-19(25)13-7-8-14-15(9-13)21-17(23-18(14)24)11-28-20-22-16(10-27-20)12-5-3-2-4-6-12/h2-10H,11H2,1H3,(H,21,23,24). The molecule has 0 saturated heterocycles. The van der Waals surface area contributed by atoms with E-state index < -0.39 is 5.97 Å². The first-order chi connectivity index (χ1) is 13.6. The first-order valence-electron chi connectivity index (χ1n) is 8.39. The number of ether oxygens (including phenoxy) is 1. The molecule has 0 unspecified atom stereocenters. The van der Waals surface area contributed by atoms with Crippen molar-refractivity contribution < 1.29 is 9.53 Å². The molecule has 0 aliphatic rings. The highest BCUT2D eigenvalue weighted by atomic mass is 32.2. The minimum Gasteiger partial charge on any atom is -0.465 e. The summed E-state index contributed by atoms with van der Waals surface area (Å²) in [7, 11) is 1.32. The number of hydrogen-bond donors (Lipinski definition) is 1. The van der Waals surface area contributed by atoms with Gasteiger partial charge in [0.25, 0.3) is 5.56 Å². The van der Waals surface area contributed by atoms with Crippen molar-refractivity contribution in [2.45, 2.75) is 10.1 Å². The summed E-state index contributed by atoms with van der Waals surface area (Å²) in [5.41, 5.74) is 2.58. The predicted octanol–water partition coefficient (Wildman–Crippen LogP) is 4.13. The third kappa shape index (κ3) is 3.83. The molecule has 2 aromatic heterocycles. The first kappa shape index (κ1) is 18.4. The van der Waals surface area contributed by atoms with Crippen LogP contribution in [0.5, 0.6) is 0 Å². The fraction of sp³-hybridized carbons (Fsp3) is 0.100. The zero-order chi connectivity index (χ0) is 19.5. The van der Waals surface area contributed by atoms with E-state index in [2.05, 4.69) is 15.0 Å². The van der Waals surface area contributed by atoms with Gasteiger partial charge in [0.1, 0.15) is 5.82 Å². The van der Waals surface area contributed by atoms with Gasteiger partial charge in [-0.1, -0.05) is 42.1 Å². The molecular weight excluding hydrogens is 394 g/mol. The van der Waals surface area contributed by atoms with E-state index in [1.807, 2.05) is 35.7 Å². The lowest BCUT2D eigenvalue weighted by atomic mass is 10.1. The van der Waals surface area contributed by atoms with Crippen molar-refractivity contribution >= 4 is 40.0 Å². The summed E-state index contributed by atoms with van der Waals surface area (Å²) < 4.78 is 5.62. The second-order valence-corrected chi connectivity index (χ2v) is 7.97. The van der Waals surface area contributed by atoms with Crippen molar-refractivity contribution in [3.8, 4) is 11.3 Å². The van der Waals surface area contributed by atoms with Crippen LogP contribution in [0.4, 0.5) is 0 Å². The van der Waals surface area contributed by atoms with Crippen LogP contribution in [0.25, 0.3) is 22.2 Å². The zero-order valence-corrected chi connectivity index (χ0v) is 16.5. The Labute approximate surface area is 168 Å². The van der Waals surface area contributed by atoms with Gasteiger partial charge < -0.3 is 9.72 Å². The molecule has 8 heteroatoms. The highest BCUT2D eigenvalue weighted by Gasteiger charge is 2.11. The number of carbonyl (C=O) groups excluding carboxylic acids is 1. The SMILES string of the molecule is COC(=O)c1ccc2c(=O)[nH]c(CSc3nc(-c4ccccc4)cs3)nc2c1. The lowest BCUT2D eigenvalue weighted by Crippen LogP contribution is -2.12. The van der Waals surface area contributed by atoms with E-state index in [9.17, 15) is 9.59 Å². The molecule has 0 aliphatic heterocycles. The summed E-state index contributed by atoms with van der Waals surface area (Å²) in [5, 5.41) is 2.44. The van der Waals surface area contributed by atoms with Crippen LogP contribution >= 0.6 is 23.1 Å². The number of aromatic amines is 1. The smallest absolute Gasteiger partial charge is 0.337 e. The van der Waals surface area contributed by atoms with Crippen molar-refractivity contribution in [3.63, 3.8) is 0 Å². The summed E-state index contributed by atoms with van der Waals surface area (Å²) in [6.45, 7) is 0. The average molecular weight is 409 g/mol. The maximum atomic E-state index is 12.3. The van der Waals surface area contributed by atoms with E-state index >= 15 is 0 Å². The number of rotatable bonds is 5. The molecule has 6 nitrogen and oxygen atoms in total. The number of carbonyl (C=O) groups is 1. The van der Waals surface area contributed by atoms with E-state index in [1.165, 1.54) is 18.9 Å². The van der Waals surface area contributed by atoms with Crippen LogP contribution in [0.3, 0.4) is 0 Å². The predicted molar refractivity (Wildman–Crippen MR) is 111 cm³/mol. The highest BCUT2D eigenvalue weighted by molar-refractivity contribution is 8.00. The number of fused-ring (bicyclic) bond motifs is 1. The minimum atomic E-state index is -0.462. The quantitative estimate of drug-likeness (QED) is 0.394. The van der Waals surface area contributed by atoms with Gasteiger partial charge in [-0.25, -0.2) is 14.8 Å². The van der Waals surface area contributed by atoms with Crippen LogP contribution < -0.4 is 5.56 Å². The van der Waals surface area contributed by atoms with Gasteiger partial charge in [0.15, 0.2) is 4.34 Å². The van der Waals surface area contributed by atoms with E-state index in [1.54, 1.807) is 29.5 Å². The number of aromatic nitrogens is 3. The Bertz CT molecular complexity index is 1200. The Morgan fingerprint density at radius 3 is 2.79 bits per heavy atom. The molecule has 4 rings (SSSR count). The number of H-pyrrole nitrogens is 1. The number of thioether (sulfide) groups is 1. The number of benzene rings is 2. The van der Waals surface area contributed by atoms with E-state index in [0.717, 1.165) is 15.6 Å². The van der Waals surface area contributed by atoms with Gasteiger partial charge in [-0.3, -0.25) is 4.79 Å². The number of esters is 1. The van der Waals surface area contributed by atoms with Crippen molar-refractivity contribution in [1.82, 2.24) is 15.0 Å². The fourth-order valence-electron chi connectivity index (χ4n) is 2.70. The van der Waals surface area contributed by atoms with Crippen LogP contribution in [0, 0.1) is 0 Å². The van der Waals surface area contributed by atoms with Crippen molar-refractivity contribution in [2.75, 3.05) is 7.11 Å². The van der Waals surface area contributed by atoms with Gasteiger partial charge in [-0.05, 0) is 18.2 Å². The summed E-state index contributed by atoms with van der Waals surface area (Å²) in [6.07, 6.45) is 0. The normalized spacial score (nSPS) is 10.9. The monoisotopic (exact) mass is 409 g/mol. The molecule has 0 atom stereocenters. The maximum Gasteiger partial charge on any atom is 0.337 e. The highest BCUT2D eigenvalue weighted by Crippen LogP contribution is 2.29. The largest absolute Gasteiger partial charge is 0.465 e. The van der Waals surface area contributed by atoms with Crippen LogP contribution in [-0.2, 0) is 10.5 Å². The number of nitrogens with one attached hydrogen (secondary N) is 1. The second-order valence-electron chi connectivity index (χ2n) is 5.89. The number of nitrogens with zero attached hydrogens (tertiary/aromatic N) is 2. The van der Waals surface area contributed by atoms with Crippen LogP contribution in [0.2, 0.25) is 0 Å². The Kier molecular flexibility index (Phi) is 5.23. The molecule has 0 aliphatic carbocycles. The van der Waals surface area contributed by atoms with Crippen LogP contribution in [0.15, 0.2) is 63.0 Å². The number of methoxy groups -OCH3 is 1. The Morgan fingerprint density at radius 1 is 1.18 bits per heavy atom. The molecular formula is C20H15N3O3S2. The summed E-state index contributed by atoms with van der Waals surface area (Å²) in [4.78, 5) is 35.9. The molecule has 0 radical (unpaired) electrons. The van der Waals surface area contributed by atoms with E-state index in [0.29, 0.717) is 28.0 Å². The van der Waals surface area contributed by atoms with Crippen molar-refractivity contribution in [2.24, 2.45) is 0 Å². The van der Waals surface area contributed by atoms with E-state index in [-0.39, 0.29) is 5.56 Å². The molecule has 140 valence electrons. The fourth-order valence-corrected chi connectivity index (χ4v) is 4.40. The van der Waals surface area contributed by atoms with Crippen molar-refractivity contribution in [1.29, 1.82) is 0 Å². The van der Waals surface area contributed by atoms with Crippen LogP contribution in [0.1, 0.15) is 16.2 Å². The van der Waals surface area contributed by atoms with Gasteiger partial charge in [-0.15, -0.1) is 11.3 Å². The topological polar surface area (TPSA) is 84.9 Å². The van der Waals surface area contributed by atoms with Gasteiger partial charge in [-0.2, -0.15) is 0 Å². The second kappa shape index (κ2) is 7.95. The minimum absolute atomic E-state index is 0.235. The first-order valence-corrected chi connectivity index (χ1v) is 10.3. The van der Waals surface area contributed by atoms with Gasteiger partial charge in [0.05, 0.1) is 35.0 Å². The Balaban J connectivity index is 1.56. The summed E-state index contributed by atoms with van der Waals surface area (Å²) >= 11 is 3.06. The van der Waals surface area contributed by atoms with Gasteiger partial charge >= 0.3 is 5.97 Å². The summed E-state index contributed by atoms with van der Waals surface area (Å²) in [6, 6.07) is 14.7. The Hall–Kier alpha value is -2.97. The average Bonchev–Trinajstić information content (AvgIpc) is 3.21. The lowest BCUT2D eigenvalue weighted by Gasteiger charge is -2.04. The maximum absolute atomic E-state index is 12.3. The third-order valence-corrected chi connectivity index (χ3v) is 6.09. The molecule has 0 spiro atoms. The van der Waals surface area contributed by atoms with Crippen molar-refractivity contribution in [3.05, 3.63) is 75.7 Å². The molecule has 28 heavy (non-hydrogen) atoms. The molecule has 0 saturated carbocycles. The van der Waals surface area contributed by atoms with Crippen LogP contribution in [-0.4, -0.2) is 28.0 Å². The number of thiazole rings is 1. The third-order valence-electron chi connectivity index (χ3n) is 4.06. The number of hydrogen-bond acceptors (Lipinski definition) is 7. The van der Waals surface area contributed by atoms with E-state index in [4.69, 9.17) is 4.74 Å². The molecule has 1 N–H and O–H groups in total. The Morgan fingerprint density at radius 2 is 2.00 bits per heavy atom. The molecule has 4 aromatic rings. The molecule has 0 bridgehead atoms. The van der Waals surface area contributed by atoms with Gasteiger partial charge in [0, 0.05) is 10.9 Å². The van der Waals surface area contributed by atoms with Gasteiger partial charge in [0.2, 0.25) is 0 Å². The molecule has 2 heterocycles. The molecule has 2 aromatic carbocycles. The molecule has 0 amide bonds.